The maximum absolute atomic E-state index is 7.42. The van der Waals surface area contributed by atoms with Crippen molar-refractivity contribution in [3.8, 4) is 0 Å². The lowest BCUT2D eigenvalue weighted by Crippen LogP contribution is -2.03. The van der Waals surface area contributed by atoms with Crippen LogP contribution >= 0.6 is 0 Å². The first-order valence-corrected chi connectivity index (χ1v) is 3.62. The van der Waals surface area contributed by atoms with Gasteiger partial charge in [0.25, 0.3) is 0 Å². The predicted octanol–water partition coefficient (Wildman–Crippen LogP) is 1.28. The van der Waals surface area contributed by atoms with Gasteiger partial charge in [-0.1, -0.05) is 0 Å². The van der Waals surface area contributed by atoms with Gasteiger partial charge in [-0.2, -0.15) is 0 Å². The summed E-state index contributed by atoms with van der Waals surface area (Å²) in [6, 6.07) is 3.71. The summed E-state index contributed by atoms with van der Waals surface area (Å²) < 4.78 is 1.65. The Morgan fingerprint density at radius 1 is 1.50 bits per heavy atom. The molecule has 4 nitrogen and oxygen atoms in total. The Bertz CT molecular complexity index is 429. The molecular weight excluding hydrogens is 152 g/mol. The van der Waals surface area contributed by atoms with Crippen LogP contribution in [-0.2, 0) is 0 Å². The monoisotopic (exact) mass is 160 g/mol. The Morgan fingerprint density at radius 2 is 2.33 bits per heavy atom. The Labute approximate surface area is 69.4 Å². The highest BCUT2D eigenvalue weighted by Gasteiger charge is 2.02. The van der Waals surface area contributed by atoms with Crippen LogP contribution in [0, 0.1) is 5.41 Å². The summed E-state index contributed by atoms with van der Waals surface area (Å²) in [4.78, 5) is 8.22. The van der Waals surface area contributed by atoms with Crippen LogP contribution in [0.5, 0.6) is 0 Å². The largest absolute Gasteiger partial charge is 0.288 e. The number of nitrogens with zero attached hydrogens (tertiary/aromatic N) is 3. The number of pyridine rings is 1. The number of rotatable bonds is 0. The fourth-order valence-electron chi connectivity index (χ4n) is 1.09. The van der Waals surface area contributed by atoms with Crippen molar-refractivity contribution >= 4 is 17.0 Å². The molecule has 2 aromatic heterocycles. The van der Waals surface area contributed by atoms with Crippen LogP contribution in [0.4, 0.5) is 0 Å². The Kier molecular flexibility index (Phi) is 1.40. The van der Waals surface area contributed by atoms with Gasteiger partial charge in [-0.25, -0.2) is 9.97 Å². The molecule has 0 atom stereocenters. The van der Waals surface area contributed by atoms with Gasteiger partial charge in [0.15, 0.2) is 5.65 Å². The normalized spacial score (nSPS) is 10.4. The maximum Gasteiger partial charge on any atom is 0.165 e. The zero-order valence-corrected chi connectivity index (χ0v) is 6.65. The molecule has 0 bridgehead atoms. The van der Waals surface area contributed by atoms with E-state index >= 15 is 0 Å². The van der Waals surface area contributed by atoms with Crippen LogP contribution in [-0.4, -0.2) is 20.4 Å². The predicted molar refractivity (Wildman–Crippen MR) is 46.3 cm³/mol. The second kappa shape index (κ2) is 2.41. The van der Waals surface area contributed by atoms with Crippen molar-refractivity contribution < 1.29 is 0 Å². The fourth-order valence-corrected chi connectivity index (χ4v) is 1.09. The molecule has 60 valence electrons. The molecule has 2 aromatic rings. The van der Waals surface area contributed by atoms with Gasteiger partial charge in [0.2, 0.25) is 0 Å². The second-order valence-corrected chi connectivity index (χ2v) is 2.55. The minimum atomic E-state index is 0.427. The van der Waals surface area contributed by atoms with E-state index in [4.69, 9.17) is 5.41 Å². The quantitative estimate of drug-likeness (QED) is 0.466. The van der Waals surface area contributed by atoms with E-state index in [0.717, 1.165) is 11.2 Å². The number of hydrogen-bond donors (Lipinski definition) is 1. The van der Waals surface area contributed by atoms with Crippen molar-refractivity contribution in [2.45, 2.75) is 6.92 Å². The molecule has 0 radical (unpaired) electrons. The molecule has 0 amide bonds. The van der Waals surface area contributed by atoms with Gasteiger partial charge >= 0.3 is 0 Å². The second-order valence-electron chi connectivity index (χ2n) is 2.55. The minimum Gasteiger partial charge on any atom is -0.288 e. The molecule has 2 rings (SSSR count). The van der Waals surface area contributed by atoms with Crippen LogP contribution in [0.15, 0.2) is 24.7 Å². The summed E-state index contributed by atoms with van der Waals surface area (Å²) in [5, 5.41) is 7.42. The first kappa shape index (κ1) is 6.97. The van der Waals surface area contributed by atoms with Gasteiger partial charge < -0.3 is 0 Å². The number of fused-ring (bicyclic) bond motifs is 1. The molecular formula is C8H8N4. The summed E-state index contributed by atoms with van der Waals surface area (Å²) in [6.45, 7) is 1.70. The van der Waals surface area contributed by atoms with Gasteiger partial charge in [0, 0.05) is 6.20 Å². The smallest absolute Gasteiger partial charge is 0.165 e. The molecule has 1 N–H and O–H groups in total. The van der Waals surface area contributed by atoms with Crippen LogP contribution in [0.2, 0.25) is 0 Å². The number of imidazole rings is 1. The van der Waals surface area contributed by atoms with Crippen LogP contribution in [0.3, 0.4) is 0 Å². The van der Waals surface area contributed by atoms with E-state index in [-0.39, 0.29) is 0 Å². The first-order valence-electron chi connectivity index (χ1n) is 3.62. The third-order valence-electron chi connectivity index (χ3n) is 1.67. The first-order chi connectivity index (χ1) is 5.79. The van der Waals surface area contributed by atoms with E-state index < -0.39 is 0 Å². The Balaban J connectivity index is 2.79. The average molecular weight is 160 g/mol. The molecule has 0 unspecified atom stereocenters. The Hall–Kier alpha value is -1.71. The van der Waals surface area contributed by atoms with E-state index in [1.807, 2.05) is 12.1 Å². The molecule has 0 saturated carbocycles. The average Bonchev–Trinajstić information content (AvgIpc) is 2.47. The summed E-state index contributed by atoms with van der Waals surface area (Å²) in [7, 11) is 0. The molecule has 2 heterocycles. The van der Waals surface area contributed by atoms with Crippen molar-refractivity contribution in [3.05, 3.63) is 24.7 Å². The van der Waals surface area contributed by atoms with Gasteiger partial charge in [-0.05, 0) is 19.1 Å². The lowest BCUT2D eigenvalue weighted by molar-refractivity contribution is 1.10. The van der Waals surface area contributed by atoms with Gasteiger partial charge in [-0.3, -0.25) is 9.98 Å². The highest BCUT2D eigenvalue weighted by Crippen LogP contribution is 2.07. The van der Waals surface area contributed by atoms with Crippen LogP contribution in [0.25, 0.3) is 11.2 Å². The van der Waals surface area contributed by atoms with E-state index in [9.17, 15) is 0 Å². The topological polar surface area (TPSA) is 54.6 Å². The highest BCUT2D eigenvalue weighted by molar-refractivity contribution is 5.87. The van der Waals surface area contributed by atoms with Gasteiger partial charge in [-0.15, -0.1) is 0 Å². The van der Waals surface area contributed by atoms with Crippen molar-refractivity contribution in [1.29, 1.82) is 5.41 Å². The zero-order chi connectivity index (χ0) is 8.55. The number of hydrogen-bond acceptors (Lipinski definition) is 3. The van der Waals surface area contributed by atoms with Crippen molar-refractivity contribution in [2.75, 3.05) is 0 Å². The lowest BCUT2D eigenvalue weighted by Gasteiger charge is -1.96. The molecule has 0 aliphatic rings. The van der Waals surface area contributed by atoms with Gasteiger partial charge in [0.1, 0.15) is 17.7 Å². The van der Waals surface area contributed by atoms with E-state index in [2.05, 4.69) is 9.97 Å². The van der Waals surface area contributed by atoms with Crippen LogP contribution < -0.4 is 0 Å². The summed E-state index contributed by atoms with van der Waals surface area (Å²) in [5.41, 5.74) is 1.56. The van der Waals surface area contributed by atoms with Crippen molar-refractivity contribution in [1.82, 2.24) is 14.5 Å². The SMILES string of the molecule is CC(=N)n1cnc2cccnc21. The summed E-state index contributed by atoms with van der Waals surface area (Å²) in [5.74, 6) is 0.427. The molecule has 0 saturated heterocycles. The third-order valence-corrected chi connectivity index (χ3v) is 1.67. The standard InChI is InChI=1S/C8H8N4/c1-6(9)12-5-11-7-3-2-4-10-8(7)12/h2-5,9H,1H3. The van der Waals surface area contributed by atoms with Gasteiger partial charge in [0.05, 0.1) is 0 Å². The fraction of sp³-hybridized carbons (Fsp3) is 0.125. The molecule has 12 heavy (non-hydrogen) atoms. The zero-order valence-electron chi connectivity index (χ0n) is 6.65. The summed E-state index contributed by atoms with van der Waals surface area (Å²) in [6.07, 6.45) is 3.31. The molecule has 0 fully saturated rings. The van der Waals surface area contributed by atoms with E-state index in [1.54, 1.807) is 24.0 Å². The maximum atomic E-state index is 7.42. The highest BCUT2D eigenvalue weighted by atomic mass is 15.1. The van der Waals surface area contributed by atoms with Crippen LogP contribution in [0.1, 0.15) is 6.92 Å². The minimum absolute atomic E-state index is 0.427. The molecule has 0 aliphatic heterocycles. The van der Waals surface area contributed by atoms with E-state index in [0.29, 0.717) is 5.84 Å². The molecule has 0 spiro atoms. The van der Waals surface area contributed by atoms with E-state index in [1.165, 1.54) is 0 Å². The van der Waals surface area contributed by atoms with Crippen molar-refractivity contribution in [3.63, 3.8) is 0 Å². The Morgan fingerprint density at radius 3 is 3.08 bits per heavy atom. The summed E-state index contributed by atoms with van der Waals surface area (Å²) >= 11 is 0. The molecule has 0 aromatic carbocycles. The molecule has 0 aliphatic carbocycles. The number of aromatic nitrogens is 3. The third kappa shape index (κ3) is 0.887. The molecule has 4 heteroatoms. The lowest BCUT2D eigenvalue weighted by atomic mass is 10.4. The van der Waals surface area contributed by atoms with Crippen molar-refractivity contribution in [2.24, 2.45) is 0 Å². The number of nitrogens with one attached hydrogen (secondary N) is 1.